The molecule has 0 bridgehead atoms. The van der Waals surface area contributed by atoms with Gasteiger partial charge < -0.3 is 15.1 Å². The fourth-order valence-electron chi connectivity index (χ4n) is 4.83. The van der Waals surface area contributed by atoms with E-state index >= 15 is 0 Å². The zero-order chi connectivity index (χ0) is 25.0. The summed E-state index contributed by atoms with van der Waals surface area (Å²) in [6, 6.07) is 13.5. The average Bonchev–Trinajstić information content (AvgIpc) is 2.89. The molecule has 2 aromatic carbocycles. The molecule has 188 valence electrons. The van der Waals surface area contributed by atoms with Gasteiger partial charge >= 0.3 is 0 Å². The number of anilines is 1. The molecule has 1 fully saturated rings. The molecule has 0 aliphatic carbocycles. The van der Waals surface area contributed by atoms with Gasteiger partial charge in [0.05, 0.1) is 10.9 Å². The molecule has 1 atom stereocenters. The Morgan fingerprint density at radius 3 is 2.29 bits per heavy atom. The van der Waals surface area contributed by atoms with Crippen LogP contribution < -0.4 is 5.32 Å². The Morgan fingerprint density at radius 2 is 1.63 bits per heavy atom. The number of nitrogens with one attached hydrogen (secondary N) is 1. The number of hydrogen-bond acceptors (Lipinski definition) is 5. The van der Waals surface area contributed by atoms with Gasteiger partial charge in [0.2, 0.25) is 21.8 Å². The van der Waals surface area contributed by atoms with Gasteiger partial charge in [-0.2, -0.15) is 4.31 Å². The number of carbonyl (C=O) groups is 2. The molecule has 0 radical (unpaired) electrons. The molecule has 1 N–H and O–H groups in total. The van der Waals surface area contributed by atoms with Gasteiger partial charge in [0.15, 0.2) is 0 Å². The van der Waals surface area contributed by atoms with Crippen molar-refractivity contribution >= 4 is 27.5 Å². The predicted octanol–water partition coefficient (Wildman–Crippen LogP) is 2.88. The molecule has 2 aromatic rings. The molecule has 0 spiro atoms. The van der Waals surface area contributed by atoms with E-state index < -0.39 is 16.1 Å². The first kappa shape index (κ1) is 25.3. The lowest BCUT2D eigenvalue weighted by Gasteiger charge is -2.39. The van der Waals surface area contributed by atoms with Gasteiger partial charge in [-0.1, -0.05) is 38.1 Å². The lowest BCUT2D eigenvalue weighted by molar-refractivity contribution is -0.134. The molecule has 2 aliphatic rings. The van der Waals surface area contributed by atoms with E-state index in [4.69, 9.17) is 0 Å². The van der Waals surface area contributed by atoms with Gasteiger partial charge in [0, 0.05) is 51.3 Å². The molecule has 9 heteroatoms. The van der Waals surface area contributed by atoms with Crippen LogP contribution in [0.1, 0.15) is 43.9 Å². The fraction of sp³-hybridized carbons (Fsp3) is 0.462. The number of hydrogen-bond donors (Lipinski definition) is 1. The second-order valence-corrected chi connectivity index (χ2v) is 10.9. The minimum Gasteiger partial charge on any atom is -0.340 e. The maximum Gasteiger partial charge on any atom is 0.243 e. The Balaban J connectivity index is 1.59. The molecule has 0 aromatic heterocycles. The number of benzene rings is 2. The first-order valence-corrected chi connectivity index (χ1v) is 13.8. The zero-order valence-corrected chi connectivity index (χ0v) is 21.3. The first-order chi connectivity index (χ1) is 16.8. The molecule has 2 amide bonds. The second-order valence-electron chi connectivity index (χ2n) is 9.03. The van der Waals surface area contributed by atoms with Crippen molar-refractivity contribution < 1.29 is 18.0 Å². The van der Waals surface area contributed by atoms with Crippen LogP contribution in [-0.4, -0.2) is 73.6 Å². The van der Waals surface area contributed by atoms with Crippen LogP contribution in [0.25, 0.3) is 0 Å². The number of sulfonamides is 1. The summed E-state index contributed by atoms with van der Waals surface area (Å²) in [5.41, 5.74) is 2.54. The summed E-state index contributed by atoms with van der Waals surface area (Å²) < 4.78 is 29.0. The highest BCUT2D eigenvalue weighted by Gasteiger charge is 2.38. The van der Waals surface area contributed by atoms with E-state index in [-0.39, 0.29) is 23.1 Å². The topological polar surface area (TPSA) is 90.0 Å². The second kappa shape index (κ2) is 10.9. The van der Waals surface area contributed by atoms with Crippen molar-refractivity contribution in [1.29, 1.82) is 0 Å². The summed E-state index contributed by atoms with van der Waals surface area (Å²) in [5.74, 6) is -0.146. The van der Waals surface area contributed by atoms with Crippen LogP contribution in [0, 0.1) is 0 Å². The van der Waals surface area contributed by atoms with Crippen molar-refractivity contribution in [2.75, 3.05) is 44.6 Å². The number of carbonyl (C=O) groups excluding carboxylic acids is 2. The van der Waals surface area contributed by atoms with E-state index in [0.29, 0.717) is 38.2 Å². The number of amides is 2. The number of piperazine rings is 1. The number of nitrogens with zero attached hydrogens (tertiary/aromatic N) is 3. The highest BCUT2D eigenvalue weighted by molar-refractivity contribution is 7.89. The summed E-state index contributed by atoms with van der Waals surface area (Å²) in [4.78, 5) is 29.3. The number of rotatable bonds is 7. The molecular weight excluding hydrogens is 464 g/mol. The third-order valence-electron chi connectivity index (χ3n) is 6.97. The third kappa shape index (κ3) is 5.58. The lowest BCUT2D eigenvalue weighted by atomic mass is 9.92. The standard InChI is InChI=1S/C26H34N4O4S/c1-3-25(31)27-21-9-11-22(12-10-21)35(33,34)30-14-13-20-7-5-6-8-23(20)24(30)19-26(32)29-17-15-28(4-2)16-18-29/h5-12,24H,3-4,13-19H2,1-2H3,(H,27,31)/t24-/m0/s1. The highest BCUT2D eigenvalue weighted by atomic mass is 32.2. The van der Waals surface area contributed by atoms with Gasteiger partial charge in [-0.3, -0.25) is 9.59 Å². The number of likely N-dealkylation sites (N-methyl/N-ethyl adjacent to an activating group) is 1. The fourth-order valence-corrected chi connectivity index (χ4v) is 6.44. The van der Waals surface area contributed by atoms with Crippen molar-refractivity contribution in [1.82, 2.24) is 14.1 Å². The predicted molar refractivity (Wildman–Crippen MR) is 135 cm³/mol. The largest absolute Gasteiger partial charge is 0.340 e. The minimum atomic E-state index is -3.85. The first-order valence-electron chi connectivity index (χ1n) is 12.3. The van der Waals surface area contributed by atoms with Crippen LogP contribution in [0.3, 0.4) is 0 Å². The molecule has 4 rings (SSSR count). The Kier molecular flexibility index (Phi) is 7.88. The molecule has 0 saturated carbocycles. The van der Waals surface area contributed by atoms with Gasteiger partial charge in [0.1, 0.15) is 0 Å². The molecular formula is C26H34N4O4S. The summed E-state index contributed by atoms with van der Waals surface area (Å²) in [6.45, 7) is 8.16. The molecule has 35 heavy (non-hydrogen) atoms. The van der Waals surface area contributed by atoms with Crippen LogP contribution >= 0.6 is 0 Å². The minimum absolute atomic E-state index is 0.0136. The van der Waals surface area contributed by atoms with Crippen LogP contribution in [0.15, 0.2) is 53.4 Å². The lowest BCUT2D eigenvalue weighted by Crippen LogP contribution is -2.50. The van der Waals surface area contributed by atoms with E-state index in [9.17, 15) is 18.0 Å². The van der Waals surface area contributed by atoms with Crippen molar-refractivity contribution in [2.45, 2.75) is 44.0 Å². The quantitative estimate of drug-likeness (QED) is 0.634. The van der Waals surface area contributed by atoms with E-state index in [0.717, 1.165) is 30.8 Å². The summed E-state index contributed by atoms with van der Waals surface area (Å²) in [6.07, 6.45) is 1.06. The summed E-state index contributed by atoms with van der Waals surface area (Å²) >= 11 is 0. The number of fused-ring (bicyclic) bond motifs is 1. The van der Waals surface area contributed by atoms with E-state index in [1.165, 1.54) is 16.4 Å². The molecule has 2 heterocycles. The molecule has 8 nitrogen and oxygen atoms in total. The monoisotopic (exact) mass is 498 g/mol. The average molecular weight is 499 g/mol. The van der Waals surface area contributed by atoms with Gasteiger partial charge in [-0.05, 0) is 48.4 Å². The SMILES string of the molecule is CCC(=O)Nc1ccc(S(=O)(=O)N2CCc3ccccc3[C@@H]2CC(=O)N2CCN(CC)CC2)cc1. The van der Waals surface area contributed by atoms with Crippen LogP contribution in [0.4, 0.5) is 5.69 Å². The van der Waals surface area contributed by atoms with Gasteiger partial charge in [0.25, 0.3) is 0 Å². The van der Waals surface area contributed by atoms with E-state index in [1.54, 1.807) is 19.1 Å². The molecule has 1 saturated heterocycles. The van der Waals surface area contributed by atoms with Crippen molar-refractivity contribution in [3.8, 4) is 0 Å². The summed E-state index contributed by atoms with van der Waals surface area (Å²) in [7, 11) is -3.85. The van der Waals surface area contributed by atoms with E-state index in [2.05, 4.69) is 17.1 Å². The van der Waals surface area contributed by atoms with E-state index in [1.807, 2.05) is 29.2 Å². The van der Waals surface area contributed by atoms with Gasteiger partial charge in [-0.25, -0.2) is 8.42 Å². The Labute approximate surface area is 207 Å². The normalized spacial score (nSPS) is 19.3. The Bertz CT molecular complexity index is 1160. The van der Waals surface area contributed by atoms with Crippen molar-refractivity contribution in [3.63, 3.8) is 0 Å². The third-order valence-corrected chi connectivity index (χ3v) is 8.89. The maximum absolute atomic E-state index is 13.7. The van der Waals surface area contributed by atoms with Crippen molar-refractivity contribution in [2.24, 2.45) is 0 Å². The highest BCUT2D eigenvalue weighted by Crippen LogP contribution is 2.37. The van der Waals surface area contributed by atoms with Gasteiger partial charge in [-0.15, -0.1) is 0 Å². The van der Waals surface area contributed by atoms with Crippen LogP contribution in [0.2, 0.25) is 0 Å². The van der Waals surface area contributed by atoms with Crippen molar-refractivity contribution in [3.05, 3.63) is 59.7 Å². The smallest absolute Gasteiger partial charge is 0.243 e. The molecule has 0 unspecified atom stereocenters. The van der Waals surface area contributed by atoms with Crippen LogP contribution in [0.5, 0.6) is 0 Å². The maximum atomic E-state index is 13.7. The molecule has 2 aliphatic heterocycles. The van der Waals surface area contributed by atoms with Crippen LogP contribution in [-0.2, 0) is 26.0 Å². The Morgan fingerprint density at radius 1 is 0.943 bits per heavy atom. The zero-order valence-electron chi connectivity index (χ0n) is 20.4. The summed E-state index contributed by atoms with van der Waals surface area (Å²) in [5, 5.41) is 2.74. The Hall–Kier alpha value is -2.75.